The molecular weight excluding hydrogens is 252 g/mol. The van der Waals surface area contributed by atoms with E-state index in [2.05, 4.69) is 15.3 Å². The first-order valence-electron chi connectivity index (χ1n) is 6.26. The van der Waals surface area contributed by atoms with Crippen LogP contribution in [0.5, 0.6) is 0 Å². The summed E-state index contributed by atoms with van der Waals surface area (Å²) in [6, 6.07) is 12.8. The predicted octanol–water partition coefficient (Wildman–Crippen LogP) is 2.71. The SMILES string of the molecule is Cc1cc(N)ccc1C(=O)Nc1nc2ccccc2[nH]1. The highest BCUT2D eigenvalue weighted by molar-refractivity contribution is 6.05. The van der Waals surface area contributed by atoms with Gasteiger partial charge in [0.2, 0.25) is 5.95 Å². The summed E-state index contributed by atoms with van der Waals surface area (Å²) in [6.45, 7) is 1.85. The van der Waals surface area contributed by atoms with Crippen molar-refractivity contribution in [2.45, 2.75) is 6.92 Å². The number of carbonyl (C=O) groups excluding carboxylic acids is 1. The van der Waals surface area contributed by atoms with E-state index in [0.717, 1.165) is 16.6 Å². The number of nitrogens with zero attached hydrogens (tertiary/aromatic N) is 1. The summed E-state index contributed by atoms with van der Waals surface area (Å²) in [5.74, 6) is 0.231. The number of benzene rings is 2. The van der Waals surface area contributed by atoms with Gasteiger partial charge >= 0.3 is 0 Å². The van der Waals surface area contributed by atoms with Crippen LogP contribution < -0.4 is 11.1 Å². The van der Waals surface area contributed by atoms with Gasteiger partial charge in [-0.2, -0.15) is 0 Å². The molecular formula is C15H14N4O. The minimum atomic E-state index is -0.207. The zero-order valence-electron chi connectivity index (χ0n) is 11.0. The molecule has 0 aliphatic heterocycles. The Labute approximate surface area is 115 Å². The number of nitrogen functional groups attached to an aromatic ring is 1. The fraction of sp³-hybridized carbons (Fsp3) is 0.0667. The minimum Gasteiger partial charge on any atom is -0.399 e. The Morgan fingerprint density at radius 1 is 1.25 bits per heavy atom. The van der Waals surface area contributed by atoms with Crippen LogP contribution in [-0.4, -0.2) is 15.9 Å². The summed E-state index contributed by atoms with van der Waals surface area (Å²) >= 11 is 0. The molecule has 0 atom stereocenters. The molecule has 20 heavy (non-hydrogen) atoms. The Hall–Kier alpha value is -2.82. The third-order valence-electron chi connectivity index (χ3n) is 3.12. The molecule has 0 aliphatic rings. The number of carbonyl (C=O) groups is 1. The second-order valence-corrected chi connectivity index (χ2v) is 4.63. The number of para-hydroxylation sites is 2. The monoisotopic (exact) mass is 266 g/mol. The van der Waals surface area contributed by atoms with Gasteiger partial charge in [-0.05, 0) is 42.8 Å². The van der Waals surface area contributed by atoms with Crippen LogP contribution in [0.25, 0.3) is 11.0 Å². The van der Waals surface area contributed by atoms with Crippen LogP contribution in [0.15, 0.2) is 42.5 Å². The molecule has 3 aromatic rings. The van der Waals surface area contributed by atoms with Gasteiger partial charge in [0.1, 0.15) is 0 Å². The molecule has 0 fully saturated rings. The van der Waals surface area contributed by atoms with E-state index in [-0.39, 0.29) is 5.91 Å². The fourth-order valence-corrected chi connectivity index (χ4v) is 2.13. The first kappa shape index (κ1) is 12.2. The van der Waals surface area contributed by atoms with Gasteiger partial charge in [0.05, 0.1) is 11.0 Å². The van der Waals surface area contributed by atoms with Crippen LogP contribution in [0.3, 0.4) is 0 Å². The Bertz CT molecular complexity index is 758. The number of amides is 1. The van der Waals surface area contributed by atoms with Crippen molar-refractivity contribution in [1.29, 1.82) is 0 Å². The second-order valence-electron chi connectivity index (χ2n) is 4.63. The molecule has 0 spiro atoms. The molecule has 1 amide bonds. The summed E-state index contributed by atoms with van der Waals surface area (Å²) in [5.41, 5.74) is 9.44. The number of anilines is 2. The number of hydrogen-bond acceptors (Lipinski definition) is 3. The summed E-state index contributed by atoms with van der Waals surface area (Å²) < 4.78 is 0. The molecule has 4 N–H and O–H groups in total. The average molecular weight is 266 g/mol. The molecule has 0 radical (unpaired) electrons. The lowest BCUT2D eigenvalue weighted by Crippen LogP contribution is -2.14. The van der Waals surface area contributed by atoms with Crippen molar-refractivity contribution >= 4 is 28.6 Å². The molecule has 1 aromatic heterocycles. The molecule has 100 valence electrons. The summed E-state index contributed by atoms with van der Waals surface area (Å²) in [5, 5.41) is 2.76. The number of hydrogen-bond donors (Lipinski definition) is 3. The number of aryl methyl sites for hydroxylation is 1. The Balaban J connectivity index is 1.88. The van der Waals surface area contributed by atoms with Gasteiger partial charge in [-0.1, -0.05) is 12.1 Å². The maximum absolute atomic E-state index is 12.2. The minimum absolute atomic E-state index is 0.207. The van der Waals surface area contributed by atoms with Crippen LogP contribution in [0.4, 0.5) is 11.6 Å². The maximum atomic E-state index is 12.2. The average Bonchev–Trinajstić information content (AvgIpc) is 2.80. The molecule has 3 rings (SSSR count). The quantitative estimate of drug-likeness (QED) is 0.623. The largest absolute Gasteiger partial charge is 0.399 e. The Kier molecular flexibility index (Phi) is 2.87. The van der Waals surface area contributed by atoms with Crippen LogP contribution >= 0.6 is 0 Å². The van der Waals surface area contributed by atoms with E-state index in [4.69, 9.17) is 5.73 Å². The van der Waals surface area contributed by atoms with Crippen LogP contribution in [0.2, 0.25) is 0 Å². The second kappa shape index (κ2) is 4.70. The molecule has 5 heteroatoms. The molecule has 0 saturated carbocycles. The van der Waals surface area contributed by atoms with E-state index in [1.54, 1.807) is 18.2 Å². The first-order chi connectivity index (χ1) is 9.63. The van der Waals surface area contributed by atoms with Crippen molar-refractivity contribution in [3.8, 4) is 0 Å². The molecule has 0 bridgehead atoms. The number of imidazole rings is 1. The predicted molar refractivity (Wildman–Crippen MR) is 79.6 cm³/mol. The highest BCUT2D eigenvalue weighted by atomic mass is 16.1. The molecule has 1 heterocycles. The number of nitrogens with one attached hydrogen (secondary N) is 2. The third kappa shape index (κ3) is 2.21. The number of aromatic nitrogens is 2. The Morgan fingerprint density at radius 2 is 2.05 bits per heavy atom. The molecule has 0 unspecified atom stereocenters. The highest BCUT2D eigenvalue weighted by Crippen LogP contribution is 2.16. The molecule has 0 saturated heterocycles. The van der Waals surface area contributed by atoms with Gasteiger partial charge in [0.15, 0.2) is 0 Å². The highest BCUT2D eigenvalue weighted by Gasteiger charge is 2.11. The van der Waals surface area contributed by atoms with Gasteiger partial charge in [-0.25, -0.2) is 4.98 Å². The third-order valence-corrected chi connectivity index (χ3v) is 3.12. The van der Waals surface area contributed by atoms with E-state index in [0.29, 0.717) is 17.2 Å². The van der Waals surface area contributed by atoms with Gasteiger partial charge in [-0.15, -0.1) is 0 Å². The molecule has 5 nitrogen and oxygen atoms in total. The Morgan fingerprint density at radius 3 is 2.80 bits per heavy atom. The number of aromatic amines is 1. The maximum Gasteiger partial charge on any atom is 0.258 e. The van der Waals surface area contributed by atoms with Gasteiger partial charge in [0, 0.05) is 11.3 Å². The van der Waals surface area contributed by atoms with Crippen molar-refractivity contribution in [2.75, 3.05) is 11.1 Å². The van der Waals surface area contributed by atoms with Gasteiger partial charge in [0.25, 0.3) is 5.91 Å². The summed E-state index contributed by atoms with van der Waals surface area (Å²) in [4.78, 5) is 19.6. The first-order valence-corrected chi connectivity index (χ1v) is 6.26. The fourth-order valence-electron chi connectivity index (χ4n) is 2.13. The van der Waals surface area contributed by atoms with Crippen molar-refractivity contribution in [3.05, 3.63) is 53.6 Å². The number of rotatable bonds is 2. The zero-order valence-corrected chi connectivity index (χ0v) is 11.0. The van der Waals surface area contributed by atoms with E-state index in [1.807, 2.05) is 31.2 Å². The number of H-pyrrole nitrogens is 1. The van der Waals surface area contributed by atoms with E-state index >= 15 is 0 Å². The number of nitrogens with two attached hydrogens (primary N) is 1. The summed E-state index contributed by atoms with van der Waals surface area (Å²) in [7, 11) is 0. The normalized spacial score (nSPS) is 10.7. The molecule has 2 aromatic carbocycles. The standard InChI is InChI=1S/C15H14N4O/c1-9-8-10(16)6-7-11(9)14(20)19-15-17-12-4-2-3-5-13(12)18-15/h2-8H,16H2,1H3,(H2,17,18,19,20). The van der Waals surface area contributed by atoms with Crippen molar-refractivity contribution < 1.29 is 4.79 Å². The number of fused-ring (bicyclic) bond motifs is 1. The van der Waals surface area contributed by atoms with Crippen molar-refractivity contribution in [2.24, 2.45) is 0 Å². The van der Waals surface area contributed by atoms with E-state index < -0.39 is 0 Å². The lowest BCUT2D eigenvalue weighted by Gasteiger charge is -2.06. The lowest BCUT2D eigenvalue weighted by molar-refractivity contribution is 0.102. The van der Waals surface area contributed by atoms with E-state index in [9.17, 15) is 4.79 Å². The van der Waals surface area contributed by atoms with Crippen molar-refractivity contribution in [1.82, 2.24) is 9.97 Å². The van der Waals surface area contributed by atoms with Crippen molar-refractivity contribution in [3.63, 3.8) is 0 Å². The van der Waals surface area contributed by atoms with Crippen LogP contribution in [0.1, 0.15) is 15.9 Å². The van der Waals surface area contributed by atoms with Gasteiger partial charge < -0.3 is 10.7 Å². The lowest BCUT2D eigenvalue weighted by atomic mass is 10.1. The van der Waals surface area contributed by atoms with Crippen LogP contribution in [-0.2, 0) is 0 Å². The summed E-state index contributed by atoms with van der Waals surface area (Å²) in [6.07, 6.45) is 0. The smallest absolute Gasteiger partial charge is 0.258 e. The molecule has 0 aliphatic carbocycles. The van der Waals surface area contributed by atoms with E-state index in [1.165, 1.54) is 0 Å². The van der Waals surface area contributed by atoms with Crippen LogP contribution in [0, 0.1) is 6.92 Å². The topological polar surface area (TPSA) is 83.8 Å². The van der Waals surface area contributed by atoms with Gasteiger partial charge in [-0.3, -0.25) is 10.1 Å². The zero-order chi connectivity index (χ0) is 14.1.